The van der Waals surface area contributed by atoms with Crippen molar-refractivity contribution in [3.05, 3.63) is 0 Å². The second-order valence-electron chi connectivity index (χ2n) is 1.96. The van der Waals surface area contributed by atoms with Gasteiger partial charge in [0.05, 0.1) is 0 Å². The first-order chi connectivity index (χ1) is 5.16. The van der Waals surface area contributed by atoms with Gasteiger partial charge in [-0.3, -0.25) is 4.79 Å². The van der Waals surface area contributed by atoms with E-state index in [-0.39, 0.29) is 47.8 Å². The molecule has 1 amide bonds. The molecule has 0 rings (SSSR count). The number of nitrogens with one attached hydrogen (secondary N) is 1. The molecule has 64 valence electrons. The maximum absolute atomic E-state index is 10.5. The number of amides is 1. The van der Waals surface area contributed by atoms with E-state index in [0.717, 1.165) is 0 Å². The van der Waals surface area contributed by atoms with Crippen molar-refractivity contribution in [2.75, 3.05) is 12.4 Å². The van der Waals surface area contributed by atoms with Gasteiger partial charge in [-0.25, -0.2) is 0 Å². The number of alkyl halides is 1. The Hall–Kier alpha value is 0.230. The third-order valence-electron chi connectivity index (χ3n) is 1.00. The molecule has 0 aliphatic heterocycles. The minimum atomic E-state index is -1.11. The zero-order chi connectivity index (χ0) is 8.69. The summed E-state index contributed by atoms with van der Waals surface area (Å²) in [6, 6.07) is 0. The smallest absolute Gasteiger partial charge is 0.550 e. The normalized spacial score (nSPS) is 8.42. The Morgan fingerprint density at radius 3 is 2.42 bits per heavy atom. The van der Waals surface area contributed by atoms with Crippen molar-refractivity contribution in [3.8, 4) is 0 Å². The van der Waals surface area contributed by atoms with Crippen LogP contribution in [-0.2, 0) is 9.59 Å². The molecule has 4 nitrogen and oxygen atoms in total. The maximum Gasteiger partial charge on any atom is 1.00 e. The molecule has 0 fully saturated rings. The maximum atomic E-state index is 10.5. The monoisotopic (exact) mass is 201 g/mol. The van der Waals surface area contributed by atoms with Gasteiger partial charge in [0.2, 0.25) is 5.91 Å². The number of hydrogen-bond donors (Lipinski definition) is 1. The molecule has 0 saturated carbocycles. The molecule has 0 bridgehead atoms. The molecule has 12 heavy (non-hydrogen) atoms. The van der Waals surface area contributed by atoms with Gasteiger partial charge in [-0.1, -0.05) is 0 Å². The predicted molar refractivity (Wildman–Crippen MR) is 38.0 cm³/mol. The standard InChI is InChI=1S/C6H10ClNO3.Na/c7-4-5(9)8-3-1-2-6(10)11;/h1-4H2,(H,8,9)(H,10,11);/q;+1/p-1. The van der Waals surface area contributed by atoms with Crippen LogP contribution in [0.2, 0.25) is 0 Å². The Labute approximate surface area is 97.9 Å². The summed E-state index contributed by atoms with van der Waals surface area (Å²) in [6.45, 7) is 0.333. The minimum Gasteiger partial charge on any atom is -0.550 e. The summed E-state index contributed by atoms with van der Waals surface area (Å²) < 4.78 is 0. The summed E-state index contributed by atoms with van der Waals surface area (Å²) in [5.41, 5.74) is 0. The largest absolute Gasteiger partial charge is 1.00 e. The molecule has 0 radical (unpaired) electrons. The topological polar surface area (TPSA) is 69.2 Å². The molecular weight excluding hydrogens is 193 g/mol. The van der Waals surface area contributed by atoms with Crippen molar-refractivity contribution in [2.45, 2.75) is 12.8 Å². The van der Waals surface area contributed by atoms with Crippen LogP contribution in [0, 0.1) is 0 Å². The third-order valence-corrected chi connectivity index (χ3v) is 1.24. The van der Waals surface area contributed by atoms with E-state index in [4.69, 9.17) is 11.6 Å². The number of halogens is 1. The van der Waals surface area contributed by atoms with E-state index in [1.54, 1.807) is 0 Å². The van der Waals surface area contributed by atoms with Gasteiger partial charge in [-0.2, -0.15) is 0 Å². The number of carboxylic acids is 1. The summed E-state index contributed by atoms with van der Waals surface area (Å²) in [7, 11) is 0. The Bertz CT molecular complexity index is 154. The second-order valence-corrected chi connectivity index (χ2v) is 2.23. The van der Waals surface area contributed by atoms with Crippen molar-refractivity contribution < 1.29 is 44.3 Å². The summed E-state index contributed by atoms with van der Waals surface area (Å²) >= 11 is 5.15. The van der Waals surface area contributed by atoms with Crippen LogP contribution in [0.1, 0.15) is 12.8 Å². The van der Waals surface area contributed by atoms with Gasteiger partial charge >= 0.3 is 29.6 Å². The number of carbonyl (C=O) groups excluding carboxylic acids is 2. The fourth-order valence-corrected chi connectivity index (χ4v) is 0.602. The molecule has 6 heteroatoms. The van der Waals surface area contributed by atoms with Crippen molar-refractivity contribution >= 4 is 23.5 Å². The molecule has 0 aliphatic carbocycles. The van der Waals surface area contributed by atoms with Gasteiger partial charge in [0, 0.05) is 12.5 Å². The molecule has 0 saturated heterocycles. The van der Waals surface area contributed by atoms with E-state index in [9.17, 15) is 14.7 Å². The first kappa shape index (κ1) is 14.7. The Balaban J connectivity index is 0. The van der Waals surface area contributed by atoms with Crippen LogP contribution in [0.5, 0.6) is 0 Å². The van der Waals surface area contributed by atoms with E-state index in [2.05, 4.69) is 5.32 Å². The molecule has 0 heterocycles. The minimum absolute atomic E-state index is 0. The van der Waals surface area contributed by atoms with Gasteiger partial charge in [-0.15, -0.1) is 11.6 Å². The summed E-state index contributed by atoms with van der Waals surface area (Å²) in [6.07, 6.45) is 0.341. The summed E-state index contributed by atoms with van der Waals surface area (Å²) in [4.78, 5) is 20.3. The van der Waals surface area contributed by atoms with E-state index in [1.807, 2.05) is 0 Å². The number of aliphatic carboxylic acids is 1. The van der Waals surface area contributed by atoms with Crippen LogP contribution in [0.3, 0.4) is 0 Å². The molecule has 0 aromatic carbocycles. The average Bonchev–Trinajstić information content (AvgIpc) is 1.97. The molecule has 0 aromatic heterocycles. The number of rotatable bonds is 5. The van der Waals surface area contributed by atoms with E-state index in [1.165, 1.54) is 0 Å². The van der Waals surface area contributed by atoms with Crippen LogP contribution in [0.4, 0.5) is 0 Å². The fourth-order valence-electron chi connectivity index (χ4n) is 0.508. The van der Waals surface area contributed by atoms with Crippen molar-refractivity contribution in [1.29, 1.82) is 0 Å². The Kier molecular flexibility index (Phi) is 11.4. The van der Waals surface area contributed by atoms with Crippen LogP contribution < -0.4 is 40.0 Å². The van der Waals surface area contributed by atoms with Crippen LogP contribution in [0.25, 0.3) is 0 Å². The average molecular weight is 202 g/mol. The zero-order valence-electron chi connectivity index (χ0n) is 6.93. The van der Waals surface area contributed by atoms with E-state index < -0.39 is 5.97 Å². The van der Waals surface area contributed by atoms with Gasteiger partial charge in [-0.05, 0) is 12.8 Å². The van der Waals surface area contributed by atoms with Gasteiger partial charge in [0.25, 0.3) is 0 Å². The summed E-state index contributed by atoms with van der Waals surface area (Å²) in [5.74, 6) is -1.49. The van der Waals surface area contributed by atoms with Gasteiger partial charge < -0.3 is 15.2 Å². The second kappa shape index (κ2) is 9.32. The Morgan fingerprint density at radius 1 is 1.42 bits per heavy atom. The fraction of sp³-hybridized carbons (Fsp3) is 0.667. The predicted octanol–water partition coefficient (Wildman–Crippen LogP) is -4.12. The molecule has 0 unspecified atom stereocenters. The van der Waals surface area contributed by atoms with Gasteiger partial charge in [0.15, 0.2) is 0 Å². The van der Waals surface area contributed by atoms with Crippen LogP contribution in [0.15, 0.2) is 0 Å². The zero-order valence-corrected chi connectivity index (χ0v) is 9.69. The van der Waals surface area contributed by atoms with Crippen molar-refractivity contribution in [2.24, 2.45) is 0 Å². The molecule has 0 aliphatic rings. The molecular formula is C6H9ClNNaO3. The molecule has 0 atom stereocenters. The van der Waals surface area contributed by atoms with Crippen molar-refractivity contribution in [1.82, 2.24) is 5.32 Å². The van der Waals surface area contributed by atoms with E-state index in [0.29, 0.717) is 13.0 Å². The van der Waals surface area contributed by atoms with Crippen LogP contribution in [-0.4, -0.2) is 24.3 Å². The first-order valence-electron chi connectivity index (χ1n) is 3.19. The third kappa shape index (κ3) is 10.2. The Morgan fingerprint density at radius 2 is 2.00 bits per heavy atom. The molecule has 0 spiro atoms. The van der Waals surface area contributed by atoms with E-state index >= 15 is 0 Å². The summed E-state index contributed by atoms with van der Waals surface area (Å²) in [5, 5.41) is 12.3. The number of carbonyl (C=O) groups is 2. The molecule has 1 N–H and O–H groups in total. The van der Waals surface area contributed by atoms with Crippen LogP contribution >= 0.6 is 11.6 Å². The quantitative estimate of drug-likeness (QED) is 0.279. The number of carboxylic acid groups (broad SMARTS) is 1. The van der Waals surface area contributed by atoms with Crippen molar-refractivity contribution in [3.63, 3.8) is 0 Å². The first-order valence-corrected chi connectivity index (χ1v) is 3.72. The number of hydrogen-bond acceptors (Lipinski definition) is 3. The SMILES string of the molecule is O=C([O-])CCCNC(=O)CCl.[Na+]. The van der Waals surface area contributed by atoms with Gasteiger partial charge in [0.1, 0.15) is 5.88 Å². The molecule has 0 aromatic rings.